The molecule has 1 heterocycles. The number of guanidine groups is 1. The van der Waals surface area contributed by atoms with Gasteiger partial charge in [0.1, 0.15) is 11.4 Å². The number of ether oxygens (including phenoxy) is 1. The molecule has 0 radical (unpaired) electrons. The van der Waals surface area contributed by atoms with Gasteiger partial charge < -0.3 is 24.8 Å². The van der Waals surface area contributed by atoms with Gasteiger partial charge in [-0.15, -0.1) is 0 Å². The van der Waals surface area contributed by atoms with E-state index in [1.165, 1.54) is 0 Å². The van der Waals surface area contributed by atoms with Crippen LogP contribution in [0.2, 0.25) is 0 Å². The smallest absolute Gasteiger partial charge is 0.410 e. The van der Waals surface area contributed by atoms with Crippen LogP contribution >= 0.6 is 0 Å². The molecular weight excluding hydrogens is 346 g/mol. The van der Waals surface area contributed by atoms with E-state index in [4.69, 9.17) is 9.26 Å². The summed E-state index contributed by atoms with van der Waals surface area (Å²) in [5.74, 6) is 1.57. The number of aromatic nitrogens is 1. The molecule has 1 aromatic heterocycles. The second kappa shape index (κ2) is 10.8. The van der Waals surface area contributed by atoms with E-state index in [0.717, 1.165) is 29.9 Å². The summed E-state index contributed by atoms with van der Waals surface area (Å²) in [6, 6.07) is 0. The highest BCUT2D eigenvalue weighted by Crippen LogP contribution is 2.15. The first kappa shape index (κ1) is 22.8. The van der Waals surface area contributed by atoms with Crippen molar-refractivity contribution in [2.45, 2.75) is 66.5 Å². The number of aliphatic imine (C=N–C) groups is 1. The Balaban J connectivity index is 2.53. The highest BCUT2D eigenvalue weighted by molar-refractivity contribution is 5.79. The summed E-state index contributed by atoms with van der Waals surface area (Å²) in [5.41, 5.74) is 1.56. The normalized spacial score (nSPS) is 12.0. The molecule has 0 saturated carbocycles. The summed E-state index contributed by atoms with van der Waals surface area (Å²) in [5, 5.41) is 10.6. The number of carbonyl (C=O) groups excluding carboxylic acids is 1. The minimum atomic E-state index is -0.498. The van der Waals surface area contributed by atoms with Crippen LogP contribution in [0.1, 0.15) is 58.6 Å². The van der Waals surface area contributed by atoms with Crippen molar-refractivity contribution in [1.82, 2.24) is 20.7 Å². The average Bonchev–Trinajstić information content (AvgIpc) is 3.01. The molecule has 1 aromatic rings. The maximum absolute atomic E-state index is 12.2. The fourth-order valence-corrected chi connectivity index (χ4v) is 2.54. The lowest BCUT2D eigenvalue weighted by Gasteiger charge is -2.26. The van der Waals surface area contributed by atoms with Gasteiger partial charge >= 0.3 is 6.09 Å². The van der Waals surface area contributed by atoms with Crippen molar-refractivity contribution in [3.63, 3.8) is 0 Å². The summed E-state index contributed by atoms with van der Waals surface area (Å²) < 4.78 is 10.8. The van der Waals surface area contributed by atoms with Crippen molar-refractivity contribution in [1.29, 1.82) is 0 Å². The van der Waals surface area contributed by atoms with E-state index in [9.17, 15) is 4.79 Å². The number of nitrogens with one attached hydrogen (secondary N) is 2. The van der Waals surface area contributed by atoms with Crippen LogP contribution in [-0.2, 0) is 24.1 Å². The molecule has 154 valence electrons. The van der Waals surface area contributed by atoms with Crippen LogP contribution in [0, 0.1) is 0 Å². The predicted molar refractivity (Wildman–Crippen MR) is 107 cm³/mol. The molecule has 2 N–H and O–H groups in total. The zero-order valence-corrected chi connectivity index (χ0v) is 17.8. The lowest BCUT2D eigenvalue weighted by Crippen LogP contribution is -2.44. The highest BCUT2D eigenvalue weighted by atomic mass is 16.6. The topological polar surface area (TPSA) is 92.0 Å². The summed E-state index contributed by atoms with van der Waals surface area (Å²) in [6.45, 7) is 13.9. The molecule has 0 spiro atoms. The first-order chi connectivity index (χ1) is 12.8. The molecule has 0 fully saturated rings. The van der Waals surface area contributed by atoms with Crippen molar-refractivity contribution in [2.75, 3.05) is 26.7 Å². The van der Waals surface area contributed by atoms with E-state index in [-0.39, 0.29) is 6.09 Å². The number of hydrogen-bond acceptors (Lipinski definition) is 5. The zero-order valence-electron chi connectivity index (χ0n) is 17.8. The average molecular weight is 382 g/mol. The summed E-state index contributed by atoms with van der Waals surface area (Å²) >= 11 is 0. The molecular formula is C19H35N5O3. The molecule has 1 rings (SSSR count). The van der Waals surface area contributed by atoms with E-state index in [1.807, 2.05) is 34.6 Å². The monoisotopic (exact) mass is 381 g/mol. The van der Waals surface area contributed by atoms with Crippen molar-refractivity contribution in [2.24, 2.45) is 4.99 Å². The number of rotatable bonds is 8. The largest absolute Gasteiger partial charge is 0.444 e. The van der Waals surface area contributed by atoms with E-state index in [0.29, 0.717) is 32.1 Å². The van der Waals surface area contributed by atoms with Crippen molar-refractivity contribution in [3.05, 3.63) is 17.0 Å². The van der Waals surface area contributed by atoms with Crippen LogP contribution < -0.4 is 10.6 Å². The fourth-order valence-electron chi connectivity index (χ4n) is 2.54. The predicted octanol–water partition coefficient (Wildman–Crippen LogP) is 2.72. The van der Waals surface area contributed by atoms with E-state index < -0.39 is 5.60 Å². The molecule has 1 amide bonds. The Morgan fingerprint density at radius 2 is 1.93 bits per heavy atom. The molecule has 0 aliphatic heterocycles. The van der Waals surface area contributed by atoms with Crippen LogP contribution in [0.4, 0.5) is 4.79 Å². The molecule has 0 aliphatic rings. The summed E-state index contributed by atoms with van der Waals surface area (Å²) in [6.07, 6.45) is 1.32. The molecule has 27 heavy (non-hydrogen) atoms. The zero-order chi connectivity index (χ0) is 20.4. The van der Waals surface area contributed by atoms with E-state index in [2.05, 4.69) is 27.7 Å². The third-order valence-electron chi connectivity index (χ3n) is 3.97. The Morgan fingerprint density at radius 1 is 1.22 bits per heavy atom. The molecule has 0 unspecified atom stereocenters. The lowest BCUT2D eigenvalue weighted by molar-refractivity contribution is 0.0264. The molecule has 8 heteroatoms. The number of amides is 1. The number of nitrogens with zero attached hydrogens (tertiary/aromatic N) is 3. The number of hydrogen-bond donors (Lipinski definition) is 2. The van der Waals surface area contributed by atoms with Gasteiger partial charge in [0.05, 0.1) is 5.69 Å². The van der Waals surface area contributed by atoms with Gasteiger partial charge in [0.15, 0.2) is 5.96 Å². The van der Waals surface area contributed by atoms with Crippen LogP contribution in [0.25, 0.3) is 0 Å². The number of likely N-dealkylation sites (N-methyl/N-ethyl adjacent to an activating group) is 1. The highest BCUT2D eigenvalue weighted by Gasteiger charge is 2.21. The molecule has 0 saturated heterocycles. The van der Waals surface area contributed by atoms with Gasteiger partial charge in [0.2, 0.25) is 0 Å². The standard InChI is InChI=1S/C19H35N5O3/c1-8-15-14(16(9-2)27-23-15)13-22-17(20-7)21-11-12-24(10-3)18(25)26-19(4,5)6/h8-13H2,1-7H3,(H2,20,21,22). The quantitative estimate of drug-likeness (QED) is 0.531. The number of carbonyl (C=O) groups is 1. The van der Waals surface area contributed by atoms with Crippen LogP contribution in [0.15, 0.2) is 9.52 Å². The number of aryl methyl sites for hydroxylation is 2. The van der Waals surface area contributed by atoms with Gasteiger partial charge in [-0.3, -0.25) is 4.99 Å². The Kier molecular flexibility index (Phi) is 9.11. The Morgan fingerprint density at radius 3 is 2.44 bits per heavy atom. The Labute approximate surface area is 162 Å². The third-order valence-corrected chi connectivity index (χ3v) is 3.97. The van der Waals surface area contributed by atoms with Crippen LogP contribution in [0.3, 0.4) is 0 Å². The van der Waals surface area contributed by atoms with Crippen molar-refractivity contribution < 1.29 is 14.1 Å². The first-order valence-corrected chi connectivity index (χ1v) is 9.64. The Hall–Kier alpha value is -2.25. The maximum Gasteiger partial charge on any atom is 0.410 e. The SMILES string of the molecule is CCc1noc(CC)c1CNC(=NC)NCCN(CC)C(=O)OC(C)(C)C. The van der Waals surface area contributed by atoms with Gasteiger partial charge in [0.25, 0.3) is 0 Å². The molecule has 0 atom stereocenters. The van der Waals surface area contributed by atoms with Crippen LogP contribution in [-0.4, -0.2) is 54.4 Å². The first-order valence-electron chi connectivity index (χ1n) is 9.64. The summed E-state index contributed by atoms with van der Waals surface area (Å²) in [4.78, 5) is 18.1. The van der Waals surface area contributed by atoms with Crippen molar-refractivity contribution in [3.8, 4) is 0 Å². The minimum absolute atomic E-state index is 0.306. The minimum Gasteiger partial charge on any atom is -0.444 e. The van der Waals surface area contributed by atoms with E-state index >= 15 is 0 Å². The molecule has 0 aliphatic carbocycles. The van der Waals surface area contributed by atoms with Gasteiger partial charge in [-0.2, -0.15) is 0 Å². The molecule has 0 aromatic carbocycles. The van der Waals surface area contributed by atoms with E-state index in [1.54, 1.807) is 11.9 Å². The lowest BCUT2D eigenvalue weighted by atomic mass is 10.1. The van der Waals surface area contributed by atoms with Crippen LogP contribution in [0.5, 0.6) is 0 Å². The second-order valence-corrected chi connectivity index (χ2v) is 7.15. The van der Waals surface area contributed by atoms with Gasteiger partial charge in [-0.05, 0) is 34.1 Å². The Bertz CT molecular complexity index is 598. The maximum atomic E-state index is 12.2. The third kappa shape index (κ3) is 7.48. The summed E-state index contributed by atoms with van der Waals surface area (Å²) in [7, 11) is 1.72. The molecule has 0 bridgehead atoms. The van der Waals surface area contributed by atoms with Gasteiger partial charge in [0, 0.05) is 45.2 Å². The molecule has 8 nitrogen and oxygen atoms in total. The van der Waals surface area contributed by atoms with Crippen molar-refractivity contribution >= 4 is 12.1 Å². The van der Waals surface area contributed by atoms with Gasteiger partial charge in [-0.1, -0.05) is 19.0 Å². The second-order valence-electron chi connectivity index (χ2n) is 7.15. The fraction of sp³-hybridized carbons (Fsp3) is 0.737. The van der Waals surface area contributed by atoms with Gasteiger partial charge in [-0.25, -0.2) is 4.79 Å².